The molecule has 2 heteroatoms. The van der Waals surface area contributed by atoms with Gasteiger partial charge in [0.1, 0.15) is 0 Å². The van der Waals surface area contributed by atoms with Crippen LogP contribution in [0.4, 0.5) is 0 Å². The van der Waals surface area contributed by atoms with E-state index in [9.17, 15) is 0 Å². The van der Waals surface area contributed by atoms with Crippen molar-refractivity contribution in [2.24, 2.45) is 0 Å². The van der Waals surface area contributed by atoms with Gasteiger partial charge in [-0.25, -0.2) is 0 Å². The Kier molecular flexibility index (Phi) is 3.18. The second-order valence-electron chi connectivity index (χ2n) is 3.14. The van der Waals surface area contributed by atoms with Gasteiger partial charge in [0.05, 0.1) is 6.61 Å². The predicted octanol–water partition coefficient (Wildman–Crippen LogP) is 2.73. The number of ether oxygens (including phenoxy) is 1. The van der Waals surface area contributed by atoms with Gasteiger partial charge >= 0.3 is 0 Å². The van der Waals surface area contributed by atoms with Gasteiger partial charge in [-0.1, -0.05) is 35.2 Å². The second kappa shape index (κ2) is 3.72. The minimum absolute atomic E-state index is 0.319. The summed E-state index contributed by atoms with van der Waals surface area (Å²) in [6.07, 6.45) is 6.67. The lowest BCUT2D eigenvalue weighted by Crippen LogP contribution is -2.29. The fourth-order valence-electron chi connectivity index (χ4n) is 1.59. The average molecular weight is 207 g/mol. The zero-order chi connectivity index (χ0) is 7.45. The van der Waals surface area contributed by atoms with Gasteiger partial charge in [0.25, 0.3) is 0 Å². The lowest BCUT2D eigenvalue weighted by atomic mass is 9.90. The normalized spacial score (nSPS) is 24.6. The van der Waals surface area contributed by atoms with Crippen molar-refractivity contribution in [2.75, 3.05) is 13.7 Å². The summed E-state index contributed by atoms with van der Waals surface area (Å²) in [5, 5.41) is 0. The van der Waals surface area contributed by atoms with Gasteiger partial charge in [-0.05, 0) is 12.8 Å². The Labute approximate surface area is 71.3 Å². The highest BCUT2D eigenvalue weighted by Gasteiger charge is 2.28. The van der Waals surface area contributed by atoms with Crippen LogP contribution >= 0.6 is 15.9 Å². The summed E-state index contributed by atoms with van der Waals surface area (Å²) < 4.78 is 5.46. The van der Waals surface area contributed by atoms with Gasteiger partial charge in [-0.15, -0.1) is 0 Å². The number of halogens is 1. The summed E-state index contributed by atoms with van der Waals surface area (Å²) in [4.78, 5) is 0. The molecule has 1 saturated carbocycles. The molecule has 0 aromatic heterocycles. The molecule has 1 aliphatic rings. The minimum atomic E-state index is 0.319. The fraction of sp³-hybridized carbons (Fsp3) is 1.00. The van der Waals surface area contributed by atoms with Gasteiger partial charge in [-0.3, -0.25) is 0 Å². The smallest absolute Gasteiger partial charge is 0.0615 e. The quantitative estimate of drug-likeness (QED) is 0.632. The second-order valence-corrected chi connectivity index (χ2v) is 4.83. The zero-order valence-corrected chi connectivity index (χ0v) is 8.11. The molecule has 0 bridgehead atoms. The average Bonchev–Trinajstić information content (AvgIpc) is 1.89. The molecule has 0 heterocycles. The first-order valence-electron chi connectivity index (χ1n) is 3.95. The number of hydrogen-bond acceptors (Lipinski definition) is 1. The predicted molar refractivity (Wildman–Crippen MR) is 46.6 cm³/mol. The Morgan fingerprint density at radius 1 is 1.30 bits per heavy atom. The van der Waals surface area contributed by atoms with Crippen LogP contribution in [-0.2, 0) is 4.74 Å². The molecule has 0 saturated heterocycles. The first kappa shape index (κ1) is 8.54. The zero-order valence-electron chi connectivity index (χ0n) is 6.53. The standard InChI is InChI=1S/C8H15BrO/c1-10-7-8(9)5-3-2-4-6-8/h2-7H2,1H3. The Balaban J connectivity index is 2.32. The Morgan fingerprint density at radius 2 is 1.90 bits per heavy atom. The van der Waals surface area contributed by atoms with Crippen molar-refractivity contribution >= 4 is 15.9 Å². The molecular formula is C8H15BrO. The third kappa shape index (κ3) is 2.24. The van der Waals surface area contributed by atoms with E-state index >= 15 is 0 Å². The van der Waals surface area contributed by atoms with E-state index in [2.05, 4.69) is 15.9 Å². The molecule has 0 N–H and O–H groups in total. The van der Waals surface area contributed by atoms with E-state index in [0.29, 0.717) is 4.32 Å². The highest BCUT2D eigenvalue weighted by Crippen LogP contribution is 2.35. The molecule has 1 rings (SSSR count). The van der Waals surface area contributed by atoms with Crippen LogP contribution < -0.4 is 0 Å². The van der Waals surface area contributed by atoms with E-state index in [1.54, 1.807) is 7.11 Å². The van der Waals surface area contributed by atoms with E-state index < -0.39 is 0 Å². The lowest BCUT2D eigenvalue weighted by molar-refractivity contribution is 0.152. The van der Waals surface area contributed by atoms with E-state index in [0.717, 1.165) is 6.61 Å². The summed E-state index contributed by atoms with van der Waals surface area (Å²) in [5.41, 5.74) is 0. The van der Waals surface area contributed by atoms with Crippen molar-refractivity contribution < 1.29 is 4.74 Å². The van der Waals surface area contributed by atoms with E-state index in [-0.39, 0.29) is 0 Å². The lowest BCUT2D eigenvalue weighted by Gasteiger charge is -2.30. The van der Waals surface area contributed by atoms with Crippen molar-refractivity contribution in [3.05, 3.63) is 0 Å². The maximum absolute atomic E-state index is 5.14. The molecule has 10 heavy (non-hydrogen) atoms. The van der Waals surface area contributed by atoms with Crippen molar-refractivity contribution in [3.63, 3.8) is 0 Å². The molecule has 0 aromatic carbocycles. The molecule has 0 aromatic rings. The van der Waals surface area contributed by atoms with Crippen LogP contribution in [0, 0.1) is 0 Å². The molecule has 1 nitrogen and oxygen atoms in total. The van der Waals surface area contributed by atoms with Gasteiger partial charge in [-0.2, -0.15) is 0 Å². The Bertz CT molecular complexity index is 91.9. The molecule has 60 valence electrons. The highest BCUT2D eigenvalue weighted by molar-refractivity contribution is 9.10. The molecule has 0 atom stereocenters. The molecule has 0 radical (unpaired) electrons. The third-order valence-corrected chi connectivity index (χ3v) is 3.17. The van der Waals surface area contributed by atoms with Crippen LogP contribution in [0.5, 0.6) is 0 Å². The molecule has 0 aliphatic heterocycles. The minimum Gasteiger partial charge on any atom is -0.383 e. The van der Waals surface area contributed by atoms with Crippen LogP contribution in [0.15, 0.2) is 0 Å². The van der Waals surface area contributed by atoms with E-state index in [1.807, 2.05) is 0 Å². The maximum Gasteiger partial charge on any atom is 0.0615 e. The number of alkyl halides is 1. The molecule has 0 spiro atoms. The fourth-order valence-corrected chi connectivity index (χ4v) is 2.38. The summed E-state index contributed by atoms with van der Waals surface area (Å²) in [5.74, 6) is 0. The summed E-state index contributed by atoms with van der Waals surface area (Å²) >= 11 is 3.73. The van der Waals surface area contributed by atoms with Gasteiger partial charge in [0.2, 0.25) is 0 Å². The number of hydrogen-bond donors (Lipinski definition) is 0. The van der Waals surface area contributed by atoms with E-state index in [1.165, 1.54) is 32.1 Å². The number of rotatable bonds is 2. The monoisotopic (exact) mass is 206 g/mol. The van der Waals surface area contributed by atoms with Gasteiger partial charge in [0, 0.05) is 11.4 Å². The summed E-state index contributed by atoms with van der Waals surface area (Å²) in [6.45, 7) is 0.868. The Morgan fingerprint density at radius 3 is 2.40 bits per heavy atom. The van der Waals surface area contributed by atoms with Crippen LogP contribution in [0.1, 0.15) is 32.1 Å². The topological polar surface area (TPSA) is 9.23 Å². The van der Waals surface area contributed by atoms with Gasteiger partial charge in [0.15, 0.2) is 0 Å². The SMILES string of the molecule is COCC1(Br)CCCCC1. The number of methoxy groups -OCH3 is 1. The van der Waals surface area contributed by atoms with Crippen LogP contribution in [0.3, 0.4) is 0 Å². The highest BCUT2D eigenvalue weighted by atomic mass is 79.9. The molecule has 0 unspecified atom stereocenters. The van der Waals surface area contributed by atoms with E-state index in [4.69, 9.17) is 4.74 Å². The summed E-state index contributed by atoms with van der Waals surface area (Å²) in [6, 6.07) is 0. The maximum atomic E-state index is 5.14. The van der Waals surface area contributed by atoms with Crippen LogP contribution in [0.25, 0.3) is 0 Å². The largest absolute Gasteiger partial charge is 0.383 e. The van der Waals surface area contributed by atoms with Crippen LogP contribution in [-0.4, -0.2) is 18.0 Å². The molecular weight excluding hydrogens is 192 g/mol. The van der Waals surface area contributed by atoms with Crippen molar-refractivity contribution in [1.29, 1.82) is 0 Å². The van der Waals surface area contributed by atoms with Crippen LogP contribution in [0.2, 0.25) is 0 Å². The van der Waals surface area contributed by atoms with Crippen molar-refractivity contribution in [1.82, 2.24) is 0 Å². The first-order chi connectivity index (χ1) is 4.77. The third-order valence-electron chi connectivity index (χ3n) is 2.15. The van der Waals surface area contributed by atoms with Crippen molar-refractivity contribution in [2.45, 2.75) is 36.4 Å². The summed E-state index contributed by atoms with van der Waals surface area (Å²) in [7, 11) is 1.78. The molecule has 1 fully saturated rings. The van der Waals surface area contributed by atoms with Crippen molar-refractivity contribution in [3.8, 4) is 0 Å². The van der Waals surface area contributed by atoms with Gasteiger partial charge < -0.3 is 4.74 Å². The Hall–Kier alpha value is 0.440. The molecule has 1 aliphatic carbocycles. The first-order valence-corrected chi connectivity index (χ1v) is 4.74. The molecule has 0 amide bonds.